The zero-order valence-electron chi connectivity index (χ0n) is 15.8. The minimum atomic E-state index is -0.565. The van der Waals surface area contributed by atoms with Gasteiger partial charge in [-0.1, -0.05) is 0 Å². The number of aliphatic hydroxyl groups excluding tert-OH is 1. The van der Waals surface area contributed by atoms with E-state index in [4.69, 9.17) is 5.73 Å². The number of rotatable bonds is 5. The lowest BCUT2D eigenvalue weighted by Gasteiger charge is -2.28. The Morgan fingerprint density at radius 3 is 2.86 bits per heavy atom. The van der Waals surface area contributed by atoms with Gasteiger partial charge in [0.15, 0.2) is 0 Å². The molecule has 3 atom stereocenters. The Hall–Kier alpha value is -2.74. The second kappa shape index (κ2) is 8.10. The first-order valence-corrected chi connectivity index (χ1v) is 9.88. The molecule has 0 bridgehead atoms. The maximum atomic E-state index is 11.8. The molecular formula is C20H26N6O2. The number of fused-ring (bicyclic) bond motifs is 1. The van der Waals surface area contributed by atoms with Gasteiger partial charge >= 0.3 is 0 Å². The number of carbonyl (C=O) groups excluding carboxylic acids is 1. The Morgan fingerprint density at radius 1 is 1.14 bits per heavy atom. The predicted octanol–water partition coefficient (Wildman–Crippen LogP) is 1.66. The molecule has 0 radical (unpaired) electrons. The number of hydrogen-bond acceptors (Lipinski definition) is 7. The van der Waals surface area contributed by atoms with Gasteiger partial charge in [0.25, 0.3) is 5.91 Å². The third kappa shape index (κ3) is 4.22. The number of aryl methyl sites for hydroxylation is 1. The summed E-state index contributed by atoms with van der Waals surface area (Å²) in [7, 11) is 0. The van der Waals surface area contributed by atoms with Crippen LogP contribution in [-0.4, -0.2) is 44.2 Å². The van der Waals surface area contributed by atoms with E-state index in [0.29, 0.717) is 18.2 Å². The predicted molar refractivity (Wildman–Crippen MR) is 106 cm³/mol. The van der Waals surface area contributed by atoms with Crippen LogP contribution in [0.2, 0.25) is 0 Å². The molecular weight excluding hydrogens is 356 g/mol. The molecule has 1 amide bonds. The molecule has 2 aliphatic rings. The number of nitrogens with two attached hydrogens (primary N) is 1. The SMILES string of the molecule is NC(=O)c1cnc(N[C@H]2CCc3cnccc3C2)nc1N[C@@H]1CCC[C@H](O)C1. The molecule has 0 unspecified atom stereocenters. The highest BCUT2D eigenvalue weighted by molar-refractivity contribution is 5.97. The number of pyridine rings is 1. The molecule has 8 nitrogen and oxygen atoms in total. The van der Waals surface area contributed by atoms with Crippen LogP contribution in [0.4, 0.5) is 11.8 Å². The zero-order chi connectivity index (χ0) is 19.5. The first-order valence-electron chi connectivity index (χ1n) is 9.88. The van der Waals surface area contributed by atoms with Crippen molar-refractivity contribution in [2.45, 2.75) is 63.1 Å². The summed E-state index contributed by atoms with van der Waals surface area (Å²) in [5, 5.41) is 16.6. The number of aliphatic hydroxyl groups is 1. The Morgan fingerprint density at radius 2 is 2.04 bits per heavy atom. The van der Waals surface area contributed by atoms with Gasteiger partial charge in [-0.15, -0.1) is 0 Å². The lowest BCUT2D eigenvalue weighted by atomic mass is 9.90. The molecule has 0 aliphatic heterocycles. The molecule has 2 aromatic heterocycles. The molecule has 2 aromatic rings. The van der Waals surface area contributed by atoms with E-state index < -0.39 is 5.91 Å². The Bertz CT molecular complexity index is 858. The minimum absolute atomic E-state index is 0.0682. The van der Waals surface area contributed by atoms with Gasteiger partial charge in [0.1, 0.15) is 5.82 Å². The molecule has 1 fully saturated rings. The molecule has 0 aromatic carbocycles. The van der Waals surface area contributed by atoms with Crippen LogP contribution >= 0.6 is 0 Å². The fourth-order valence-electron chi connectivity index (χ4n) is 4.11. The fourth-order valence-corrected chi connectivity index (χ4v) is 4.11. The average molecular weight is 382 g/mol. The fraction of sp³-hybridized carbons (Fsp3) is 0.500. The van der Waals surface area contributed by atoms with Gasteiger partial charge < -0.3 is 21.5 Å². The number of amides is 1. The summed E-state index contributed by atoms with van der Waals surface area (Å²) in [5.41, 5.74) is 8.36. The van der Waals surface area contributed by atoms with Crippen LogP contribution in [0.25, 0.3) is 0 Å². The third-order valence-electron chi connectivity index (χ3n) is 5.61. The first-order chi connectivity index (χ1) is 13.6. The van der Waals surface area contributed by atoms with Crippen LogP contribution in [0.5, 0.6) is 0 Å². The Labute approximate surface area is 164 Å². The van der Waals surface area contributed by atoms with Gasteiger partial charge in [-0.2, -0.15) is 4.98 Å². The van der Waals surface area contributed by atoms with Crippen molar-refractivity contribution in [2.24, 2.45) is 5.73 Å². The summed E-state index contributed by atoms with van der Waals surface area (Å²) in [6.45, 7) is 0. The van der Waals surface area contributed by atoms with Crippen LogP contribution < -0.4 is 16.4 Å². The summed E-state index contributed by atoms with van der Waals surface area (Å²) < 4.78 is 0. The van der Waals surface area contributed by atoms with Crippen molar-refractivity contribution in [2.75, 3.05) is 10.6 Å². The van der Waals surface area contributed by atoms with E-state index in [2.05, 4.69) is 31.7 Å². The highest BCUT2D eigenvalue weighted by atomic mass is 16.3. The molecule has 1 saturated carbocycles. The summed E-state index contributed by atoms with van der Waals surface area (Å²) in [6.07, 6.45) is 11.0. The normalized spacial score (nSPS) is 24.2. The molecule has 4 rings (SSSR count). The maximum absolute atomic E-state index is 11.8. The van der Waals surface area contributed by atoms with Crippen LogP contribution in [0.15, 0.2) is 24.7 Å². The minimum Gasteiger partial charge on any atom is -0.393 e. The van der Waals surface area contributed by atoms with Gasteiger partial charge in [-0.3, -0.25) is 9.78 Å². The highest BCUT2D eigenvalue weighted by Gasteiger charge is 2.24. The molecule has 2 heterocycles. The molecule has 28 heavy (non-hydrogen) atoms. The van der Waals surface area contributed by atoms with E-state index in [9.17, 15) is 9.90 Å². The largest absolute Gasteiger partial charge is 0.393 e. The zero-order valence-corrected chi connectivity index (χ0v) is 15.8. The quantitative estimate of drug-likeness (QED) is 0.619. The smallest absolute Gasteiger partial charge is 0.254 e. The maximum Gasteiger partial charge on any atom is 0.254 e. The number of carbonyl (C=O) groups is 1. The standard InChI is InChI=1S/C20H26N6O2/c21-18(28)17-11-23-20(26-19(17)24-14-2-1-3-16(27)9-14)25-15-5-4-13-10-22-7-6-12(13)8-15/h6-7,10-11,14-16,27H,1-5,8-9H2,(H2,21,28)(H2,23,24,25,26)/t14-,15+,16+/m1/s1. The van der Waals surface area contributed by atoms with Crippen molar-refractivity contribution in [1.82, 2.24) is 15.0 Å². The summed E-state index contributed by atoms with van der Waals surface area (Å²) >= 11 is 0. The van der Waals surface area contributed by atoms with Crippen molar-refractivity contribution < 1.29 is 9.90 Å². The van der Waals surface area contributed by atoms with E-state index in [1.54, 1.807) is 0 Å². The Balaban J connectivity index is 1.49. The van der Waals surface area contributed by atoms with Gasteiger partial charge in [-0.05, 0) is 62.1 Å². The lowest BCUT2D eigenvalue weighted by Crippen LogP contribution is -2.32. The van der Waals surface area contributed by atoms with E-state index in [0.717, 1.165) is 38.5 Å². The second-order valence-electron chi connectivity index (χ2n) is 7.71. The lowest BCUT2D eigenvalue weighted by molar-refractivity contribution is 0.100. The van der Waals surface area contributed by atoms with Gasteiger partial charge in [0.2, 0.25) is 5.95 Å². The summed E-state index contributed by atoms with van der Waals surface area (Å²) in [6, 6.07) is 2.35. The number of anilines is 2. The number of aromatic nitrogens is 3. The van der Waals surface area contributed by atoms with Crippen molar-refractivity contribution in [3.05, 3.63) is 41.3 Å². The monoisotopic (exact) mass is 382 g/mol. The number of primary amides is 1. The average Bonchev–Trinajstić information content (AvgIpc) is 2.68. The number of hydrogen-bond donors (Lipinski definition) is 4. The molecule has 8 heteroatoms. The summed E-state index contributed by atoms with van der Waals surface area (Å²) in [4.78, 5) is 24.8. The van der Waals surface area contributed by atoms with E-state index >= 15 is 0 Å². The Kier molecular flexibility index (Phi) is 5.38. The number of nitrogens with one attached hydrogen (secondary N) is 2. The van der Waals surface area contributed by atoms with E-state index in [1.165, 1.54) is 17.3 Å². The molecule has 0 saturated heterocycles. The van der Waals surface area contributed by atoms with Gasteiger partial charge in [0, 0.05) is 30.7 Å². The molecule has 2 aliphatic carbocycles. The third-order valence-corrected chi connectivity index (χ3v) is 5.61. The molecule has 0 spiro atoms. The van der Waals surface area contributed by atoms with Crippen molar-refractivity contribution in [1.29, 1.82) is 0 Å². The van der Waals surface area contributed by atoms with Crippen molar-refractivity contribution >= 4 is 17.7 Å². The highest BCUT2D eigenvalue weighted by Crippen LogP contribution is 2.25. The molecule has 148 valence electrons. The van der Waals surface area contributed by atoms with Crippen molar-refractivity contribution in [3.8, 4) is 0 Å². The van der Waals surface area contributed by atoms with Crippen molar-refractivity contribution in [3.63, 3.8) is 0 Å². The van der Waals surface area contributed by atoms with Crippen LogP contribution in [-0.2, 0) is 12.8 Å². The van der Waals surface area contributed by atoms with Gasteiger partial charge in [-0.25, -0.2) is 4.98 Å². The van der Waals surface area contributed by atoms with Crippen LogP contribution in [0.1, 0.15) is 53.6 Å². The van der Waals surface area contributed by atoms with Gasteiger partial charge in [0.05, 0.1) is 11.7 Å². The second-order valence-corrected chi connectivity index (χ2v) is 7.71. The topological polar surface area (TPSA) is 126 Å². The summed E-state index contributed by atoms with van der Waals surface area (Å²) in [5.74, 6) is 0.348. The van der Waals surface area contributed by atoms with Crippen LogP contribution in [0, 0.1) is 0 Å². The molecule has 5 N–H and O–H groups in total. The van der Waals surface area contributed by atoms with E-state index in [1.807, 2.05) is 12.4 Å². The van der Waals surface area contributed by atoms with Crippen LogP contribution in [0.3, 0.4) is 0 Å². The first kappa shape index (κ1) is 18.6. The number of nitrogens with zero attached hydrogens (tertiary/aromatic N) is 3. The van der Waals surface area contributed by atoms with E-state index in [-0.39, 0.29) is 23.8 Å².